The molecule has 2 aliphatic heterocycles. The van der Waals surface area contributed by atoms with Gasteiger partial charge in [0.25, 0.3) is 11.8 Å². The summed E-state index contributed by atoms with van der Waals surface area (Å²) in [5.41, 5.74) is 0.505. The van der Waals surface area contributed by atoms with Crippen molar-refractivity contribution in [3.63, 3.8) is 0 Å². The molecular weight excluding hydrogens is 445 g/mol. The second-order valence-corrected chi connectivity index (χ2v) is 7.32. The van der Waals surface area contributed by atoms with Crippen molar-refractivity contribution in [1.82, 2.24) is 5.01 Å². The van der Waals surface area contributed by atoms with Gasteiger partial charge in [-0.15, -0.1) is 0 Å². The van der Waals surface area contributed by atoms with Gasteiger partial charge in [-0.3, -0.25) is 19.4 Å². The number of hydrogen-bond donors (Lipinski definition) is 1. The highest BCUT2D eigenvalue weighted by Gasteiger charge is 2.55. The molecule has 1 N–H and O–H groups in total. The van der Waals surface area contributed by atoms with Crippen LogP contribution in [0.1, 0.15) is 0 Å². The highest BCUT2D eigenvalue weighted by atomic mass is 35.5. The Morgan fingerprint density at radius 2 is 1.81 bits per heavy atom. The van der Waals surface area contributed by atoms with E-state index in [1.807, 2.05) is 0 Å². The second kappa shape index (κ2) is 8.42. The van der Waals surface area contributed by atoms with Gasteiger partial charge < -0.3 is 14.8 Å². The number of methoxy groups -OCH3 is 2. The lowest BCUT2D eigenvalue weighted by atomic mass is 10.1. The van der Waals surface area contributed by atoms with Crippen molar-refractivity contribution in [1.29, 1.82) is 0 Å². The van der Waals surface area contributed by atoms with Gasteiger partial charge in [-0.2, -0.15) is 5.11 Å². The van der Waals surface area contributed by atoms with Crippen molar-refractivity contribution < 1.29 is 28.2 Å². The van der Waals surface area contributed by atoms with Crippen molar-refractivity contribution in [2.45, 2.75) is 12.1 Å². The molecule has 10 nitrogen and oxygen atoms in total. The highest BCUT2D eigenvalue weighted by molar-refractivity contribution is 6.32. The molecule has 2 aromatic carbocycles. The van der Waals surface area contributed by atoms with Crippen molar-refractivity contribution in [3.8, 4) is 11.5 Å². The Morgan fingerprint density at radius 1 is 1.12 bits per heavy atom. The molecule has 3 amide bonds. The third-order valence-corrected chi connectivity index (χ3v) is 5.29. The minimum atomic E-state index is -1.08. The number of amides is 3. The van der Waals surface area contributed by atoms with Crippen LogP contribution >= 0.6 is 11.6 Å². The van der Waals surface area contributed by atoms with Gasteiger partial charge >= 0.3 is 0 Å². The maximum atomic E-state index is 13.2. The predicted molar refractivity (Wildman–Crippen MR) is 111 cm³/mol. The fourth-order valence-corrected chi connectivity index (χ4v) is 3.73. The summed E-state index contributed by atoms with van der Waals surface area (Å²) in [4.78, 5) is 39.1. The number of nitrogens with zero attached hydrogens (tertiary/aromatic N) is 4. The average molecular weight is 462 g/mol. The van der Waals surface area contributed by atoms with Crippen LogP contribution in [0.25, 0.3) is 0 Å². The molecule has 1 fully saturated rings. The molecule has 32 heavy (non-hydrogen) atoms. The fraction of sp³-hybridized carbons (Fsp3) is 0.250. The molecule has 2 atom stereocenters. The van der Waals surface area contributed by atoms with Gasteiger partial charge in [0.1, 0.15) is 23.9 Å². The lowest BCUT2D eigenvalue weighted by Gasteiger charge is -2.20. The summed E-state index contributed by atoms with van der Waals surface area (Å²) in [6, 6.07) is 5.76. The van der Waals surface area contributed by atoms with Crippen LogP contribution in [0.4, 0.5) is 15.8 Å². The van der Waals surface area contributed by atoms with E-state index in [9.17, 15) is 18.8 Å². The largest absolute Gasteiger partial charge is 0.495 e. The van der Waals surface area contributed by atoms with Gasteiger partial charge in [-0.25, -0.2) is 9.29 Å². The minimum Gasteiger partial charge on any atom is -0.495 e. The molecule has 166 valence electrons. The molecule has 0 spiro atoms. The molecule has 0 saturated carbocycles. The van der Waals surface area contributed by atoms with Gasteiger partial charge in [0.2, 0.25) is 5.91 Å². The van der Waals surface area contributed by atoms with Crippen LogP contribution in [0, 0.1) is 5.82 Å². The standard InChI is InChI=1S/C20H17ClFN5O5/c1-31-14-8-15(32-2)13(7-12(14)21)23-16(28)9-26-18-17(24-25-26)19(29)27(20(18)30)11-5-3-10(22)4-6-11/h3-8,17-18H,9H2,1-2H3,(H,23,28). The monoisotopic (exact) mass is 461 g/mol. The Morgan fingerprint density at radius 3 is 2.47 bits per heavy atom. The van der Waals surface area contributed by atoms with E-state index in [0.29, 0.717) is 11.5 Å². The van der Waals surface area contributed by atoms with E-state index in [1.54, 1.807) is 0 Å². The Kier molecular flexibility index (Phi) is 5.66. The number of benzene rings is 2. The first-order chi connectivity index (χ1) is 15.3. The van der Waals surface area contributed by atoms with E-state index < -0.39 is 35.6 Å². The Hall–Kier alpha value is -3.73. The summed E-state index contributed by atoms with van der Waals surface area (Å²) in [7, 11) is 2.87. The molecule has 0 aliphatic carbocycles. The fourth-order valence-electron chi connectivity index (χ4n) is 3.49. The molecule has 4 rings (SSSR count). The molecule has 2 heterocycles. The zero-order valence-corrected chi connectivity index (χ0v) is 17.7. The highest BCUT2D eigenvalue weighted by Crippen LogP contribution is 2.36. The summed E-state index contributed by atoms with van der Waals surface area (Å²) in [5, 5.41) is 11.7. The van der Waals surface area contributed by atoms with Crippen LogP contribution in [0.15, 0.2) is 46.7 Å². The Labute approximate surface area is 186 Å². The van der Waals surface area contributed by atoms with Gasteiger partial charge in [0.15, 0.2) is 12.1 Å². The number of anilines is 2. The molecule has 0 aromatic heterocycles. The molecule has 2 aromatic rings. The van der Waals surface area contributed by atoms with Gasteiger partial charge in [0, 0.05) is 6.07 Å². The van der Waals surface area contributed by atoms with Crippen LogP contribution in [0.5, 0.6) is 11.5 Å². The first kappa shape index (κ1) is 21.5. The molecule has 0 radical (unpaired) electrons. The van der Waals surface area contributed by atoms with Crippen molar-refractivity contribution >= 4 is 40.7 Å². The SMILES string of the molecule is COc1cc(OC)c(NC(=O)CN2N=NC3C(=O)N(c4ccc(F)cc4)C(=O)C32)cc1Cl. The lowest BCUT2D eigenvalue weighted by molar-refractivity contribution is -0.123. The first-order valence-corrected chi connectivity index (χ1v) is 9.74. The number of imide groups is 1. The van der Waals surface area contributed by atoms with Gasteiger partial charge in [-0.05, 0) is 30.3 Å². The van der Waals surface area contributed by atoms with E-state index in [0.717, 1.165) is 22.0 Å². The molecule has 2 aliphatic rings. The number of fused-ring (bicyclic) bond motifs is 1. The number of carbonyl (C=O) groups excluding carboxylic acids is 3. The quantitative estimate of drug-likeness (QED) is 0.661. The lowest BCUT2D eigenvalue weighted by Crippen LogP contribution is -2.43. The summed E-state index contributed by atoms with van der Waals surface area (Å²) in [6.45, 7) is -0.353. The van der Waals surface area contributed by atoms with E-state index >= 15 is 0 Å². The zero-order valence-electron chi connectivity index (χ0n) is 16.9. The maximum absolute atomic E-state index is 13.2. The van der Waals surface area contributed by atoms with Crippen molar-refractivity contribution in [3.05, 3.63) is 47.2 Å². The summed E-state index contributed by atoms with van der Waals surface area (Å²) in [5.74, 6) is -1.55. The Bertz CT molecular complexity index is 1130. The number of halogens is 2. The smallest absolute Gasteiger partial charge is 0.263 e. The van der Waals surface area contributed by atoms with Crippen LogP contribution in [0.2, 0.25) is 5.02 Å². The van der Waals surface area contributed by atoms with Crippen molar-refractivity contribution in [2.24, 2.45) is 10.3 Å². The summed E-state index contributed by atoms with van der Waals surface area (Å²) >= 11 is 6.12. The third kappa shape index (κ3) is 3.71. The number of ether oxygens (including phenoxy) is 2. The molecule has 0 bridgehead atoms. The van der Waals surface area contributed by atoms with Crippen molar-refractivity contribution in [2.75, 3.05) is 31.0 Å². The van der Waals surface area contributed by atoms with Crippen LogP contribution in [0.3, 0.4) is 0 Å². The van der Waals surface area contributed by atoms with E-state index in [-0.39, 0.29) is 22.9 Å². The molecular formula is C20H17ClFN5O5. The molecule has 2 unspecified atom stereocenters. The van der Waals surface area contributed by atoms with Gasteiger partial charge in [0.05, 0.1) is 30.6 Å². The van der Waals surface area contributed by atoms with Gasteiger partial charge in [-0.1, -0.05) is 16.8 Å². The normalized spacial score (nSPS) is 19.4. The average Bonchev–Trinajstić information content (AvgIpc) is 3.28. The molecule has 12 heteroatoms. The van der Waals surface area contributed by atoms with E-state index in [4.69, 9.17) is 21.1 Å². The zero-order chi connectivity index (χ0) is 23.0. The number of nitrogens with one attached hydrogen (secondary N) is 1. The first-order valence-electron chi connectivity index (χ1n) is 9.36. The second-order valence-electron chi connectivity index (χ2n) is 6.92. The number of carbonyl (C=O) groups is 3. The molecule has 1 saturated heterocycles. The summed E-state index contributed by atoms with van der Waals surface area (Å²) < 4.78 is 23.6. The van der Waals surface area contributed by atoms with Crippen LogP contribution in [-0.4, -0.2) is 55.6 Å². The predicted octanol–water partition coefficient (Wildman–Crippen LogP) is 2.43. The topological polar surface area (TPSA) is 113 Å². The third-order valence-electron chi connectivity index (χ3n) is 5.00. The maximum Gasteiger partial charge on any atom is 0.263 e. The van der Waals surface area contributed by atoms with Crippen LogP contribution < -0.4 is 19.7 Å². The number of hydrogen-bond acceptors (Lipinski definition) is 8. The summed E-state index contributed by atoms with van der Waals surface area (Å²) in [6.07, 6.45) is 0. The van der Waals surface area contributed by atoms with E-state index in [1.165, 1.54) is 38.5 Å². The minimum absolute atomic E-state index is 0.216. The Balaban J connectivity index is 1.49. The number of rotatable bonds is 6. The van der Waals surface area contributed by atoms with Crippen LogP contribution in [-0.2, 0) is 14.4 Å². The van der Waals surface area contributed by atoms with E-state index in [2.05, 4.69) is 15.7 Å².